The SMILES string of the molecule is c1ccc([Si](c2ccccc2)(c2cccc(-n3c4ccccc4n4c5ccccc5nc34)c2)c2cccc3c2Oc2ccccc2C3(Cc2cocn2)Cc2cocn2)cc1. The Kier molecular flexibility index (Phi) is 8.04. The van der Waals surface area contributed by atoms with Crippen LogP contribution in [0.15, 0.2) is 210 Å². The van der Waals surface area contributed by atoms with E-state index in [-0.39, 0.29) is 0 Å². The van der Waals surface area contributed by atoms with E-state index in [9.17, 15) is 0 Å². The Bertz CT molecular complexity index is 3280. The number of nitrogens with zero attached hydrogens (tertiary/aromatic N) is 5. The highest BCUT2D eigenvalue weighted by atomic mass is 28.3. The van der Waals surface area contributed by atoms with Gasteiger partial charge < -0.3 is 13.6 Å². The van der Waals surface area contributed by atoms with Crippen LogP contribution in [0.5, 0.6) is 11.5 Å². The lowest BCUT2D eigenvalue weighted by molar-refractivity contribution is 0.383. The van der Waals surface area contributed by atoms with Crippen LogP contribution in [0.2, 0.25) is 0 Å². The van der Waals surface area contributed by atoms with E-state index < -0.39 is 13.5 Å². The smallest absolute Gasteiger partial charge is 0.220 e. The molecule has 1 aliphatic heterocycles. The molecule has 0 atom stereocenters. The minimum absolute atomic E-state index is 0.559. The summed E-state index contributed by atoms with van der Waals surface area (Å²) in [6.07, 6.45) is 7.62. The van der Waals surface area contributed by atoms with Crippen LogP contribution in [0, 0.1) is 0 Å². The first kappa shape index (κ1) is 35.2. The third-order valence-corrected chi connectivity index (χ3v) is 17.3. The van der Waals surface area contributed by atoms with Gasteiger partial charge in [-0.05, 0) is 63.2 Å². The molecule has 0 saturated carbocycles. The van der Waals surface area contributed by atoms with Gasteiger partial charge in [-0.25, -0.2) is 15.0 Å². The van der Waals surface area contributed by atoms with Gasteiger partial charge in [0.05, 0.1) is 33.5 Å². The number of ether oxygens (including phenoxy) is 1. The summed E-state index contributed by atoms with van der Waals surface area (Å²) < 4.78 is 23.1. The normalized spacial score (nSPS) is 13.3. The first-order valence-electron chi connectivity index (χ1n) is 20.5. The van der Waals surface area contributed by atoms with Gasteiger partial charge in [-0.3, -0.25) is 8.97 Å². The number of benzene rings is 7. The van der Waals surface area contributed by atoms with Gasteiger partial charge in [0, 0.05) is 35.1 Å². The Hall–Kier alpha value is -7.75. The summed E-state index contributed by atoms with van der Waals surface area (Å²) in [5.74, 6) is 2.53. The number of para-hydroxylation sites is 6. The molecular formula is C52H37N5O3Si. The van der Waals surface area contributed by atoms with Crippen molar-refractivity contribution in [1.29, 1.82) is 0 Å². The molecule has 8 nitrogen and oxygen atoms in total. The predicted molar refractivity (Wildman–Crippen MR) is 241 cm³/mol. The summed E-state index contributed by atoms with van der Waals surface area (Å²) in [6, 6.07) is 63.2. The van der Waals surface area contributed by atoms with Crippen LogP contribution >= 0.6 is 0 Å². The van der Waals surface area contributed by atoms with Crippen molar-refractivity contribution in [2.24, 2.45) is 0 Å². The first-order valence-corrected chi connectivity index (χ1v) is 22.5. The van der Waals surface area contributed by atoms with Crippen LogP contribution in [0.1, 0.15) is 22.5 Å². The van der Waals surface area contributed by atoms with Gasteiger partial charge >= 0.3 is 0 Å². The largest absolute Gasteiger partial charge is 0.457 e. The van der Waals surface area contributed by atoms with Gasteiger partial charge in [0.1, 0.15) is 24.0 Å². The van der Waals surface area contributed by atoms with Crippen LogP contribution in [0.3, 0.4) is 0 Å². The molecule has 4 aromatic heterocycles. The highest BCUT2D eigenvalue weighted by Crippen LogP contribution is 2.51. The summed E-state index contributed by atoms with van der Waals surface area (Å²) >= 11 is 0. The molecule has 0 N–H and O–H groups in total. The van der Waals surface area contributed by atoms with Crippen molar-refractivity contribution in [2.75, 3.05) is 0 Å². The van der Waals surface area contributed by atoms with E-state index in [1.807, 2.05) is 6.07 Å². The standard InChI is InChI=1S/C52H37N5O3Si/c1-3-16-39(17-4-1)61(40-18-5-2-6-19-40,41-20-13-15-38(29-41)56-46-25-10-11-26-47(46)57-45-24-9-8-23-44(45)55-51(56)57)49-28-14-22-43-50(49)60-48-27-12-7-21-42(48)52(43,30-36-32-58-34-53-36)31-37-33-59-35-54-37/h1-29,32-35H,30-31H2. The number of fused-ring (bicyclic) bond motifs is 7. The van der Waals surface area contributed by atoms with E-state index in [2.05, 4.69) is 189 Å². The average Bonchev–Trinajstić information content (AvgIpc) is 4.15. The lowest BCUT2D eigenvalue weighted by Crippen LogP contribution is -2.75. The predicted octanol–water partition coefficient (Wildman–Crippen LogP) is 8.66. The summed E-state index contributed by atoms with van der Waals surface area (Å²) in [4.78, 5) is 14.6. The number of rotatable bonds is 9. The van der Waals surface area contributed by atoms with Crippen LogP contribution in [0.25, 0.3) is 33.5 Å². The van der Waals surface area contributed by atoms with Gasteiger partial charge in [-0.1, -0.05) is 133 Å². The zero-order valence-electron chi connectivity index (χ0n) is 32.9. The van der Waals surface area contributed by atoms with E-state index in [4.69, 9.17) is 18.6 Å². The molecule has 0 unspecified atom stereocenters. The van der Waals surface area contributed by atoms with E-state index in [0.717, 1.165) is 72.7 Å². The third kappa shape index (κ3) is 5.33. The van der Waals surface area contributed by atoms with E-state index in [0.29, 0.717) is 12.8 Å². The van der Waals surface area contributed by atoms with Crippen LogP contribution in [-0.4, -0.2) is 32.0 Å². The number of imidazole rings is 2. The molecule has 0 fully saturated rings. The van der Waals surface area contributed by atoms with Crippen molar-refractivity contribution in [2.45, 2.75) is 18.3 Å². The van der Waals surface area contributed by atoms with Crippen molar-refractivity contribution in [3.63, 3.8) is 0 Å². The Labute approximate surface area is 352 Å². The Morgan fingerprint density at radius 2 is 1.11 bits per heavy atom. The Morgan fingerprint density at radius 1 is 0.525 bits per heavy atom. The zero-order valence-corrected chi connectivity index (χ0v) is 33.9. The summed E-state index contributed by atoms with van der Waals surface area (Å²) in [5, 5.41) is 4.83. The number of hydrogen-bond acceptors (Lipinski definition) is 6. The fraction of sp³-hybridized carbons (Fsp3) is 0.0577. The number of aromatic nitrogens is 5. The third-order valence-electron chi connectivity index (χ3n) is 12.5. The fourth-order valence-electron chi connectivity index (χ4n) is 10.1. The minimum atomic E-state index is -3.27. The lowest BCUT2D eigenvalue weighted by atomic mass is 9.67. The maximum atomic E-state index is 7.35. The quantitative estimate of drug-likeness (QED) is 0.107. The first-order chi connectivity index (χ1) is 30.2. The molecular weight excluding hydrogens is 771 g/mol. The van der Waals surface area contributed by atoms with E-state index >= 15 is 0 Å². The second-order valence-corrected chi connectivity index (χ2v) is 19.5. The molecule has 11 aromatic rings. The van der Waals surface area contributed by atoms with Crippen LogP contribution < -0.4 is 25.5 Å². The monoisotopic (exact) mass is 807 g/mol. The van der Waals surface area contributed by atoms with Crippen molar-refractivity contribution in [3.05, 3.63) is 224 Å². The van der Waals surface area contributed by atoms with E-state index in [1.165, 1.54) is 28.3 Å². The molecule has 292 valence electrons. The molecule has 0 radical (unpaired) electrons. The van der Waals surface area contributed by atoms with Gasteiger partial charge in [0.15, 0.2) is 20.9 Å². The van der Waals surface area contributed by atoms with Gasteiger partial charge in [-0.2, -0.15) is 0 Å². The average molecular weight is 808 g/mol. The number of oxazole rings is 2. The topological polar surface area (TPSA) is 83.5 Å². The van der Waals surface area contributed by atoms with Gasteiger partial charge in [-0.15, -0.1) is 0 Å². The Morgan fingerprint density at radius 3 is 1.82 bits per heavy atom. The van der Waals surface area contributed by atoms with Crippen LogP contribution in [-0.2, 0) is 18.3 Å². The molecule has 1 aliphatic rings. The van der Waals surface area contributed by atoms with Crippen molar-refractivity contribution < 1.29 is 13.6 Å². The molecule has 12 rings (SSSR count). The van der Waals surface area contributed by atoms with Crippen molar-refractivity contribution in [1.82, 2.24) is 23.9 Å². The molecule has 7 aromatic carbocycles. The molecule has 0 spiro atoms. The number of hydrogen-bond donors (Lipinski definition) is 0. The fourth-order valence-corrected chi connectivity index (χ4v) is 15.0. The maximum absolute atomic E-state index is 7.35. The highest BCUT2D eigenvalue weighted by molar-refractivity contribution is 7.20. The molecule has 0 bridgehead atoms. The summed E-state index contributed by atoms with van der Waals surface area (Å²) in [7, 11) is -3.27. The molecule has 9 heteroatoms. The minimum Gasteiger partial charge on any atom is -0.457 e. The van der Waals surface area contributed by atoms with Crippen molar-refractivity contribution >= 4 is 56.7 Å². The van der Waals surface area contributed by atoms with Gasteiger partial charge in [0.2, 0.25) is 5.78 Å². The highest BCUT2D eigenvalue weighted by Gasteiger charge is 2.49. The molecule has 61 heavy (non-hydrogen) atoms. The summed E-state index contributed by atoms with van der Waals surface area (Å²) in [6.45, 7) is 0. The molecule has 5 heterocycles. The van der Waals surface area contributed by atoms with E-state index in [1.54, 1.807) is 12.5 Å². The maximum Gasteiger partial charge on any atom is 0.220 e. The molecule has 0 aliphatic carbocycles. The van der Waals surface area contributed by atoms with Gasteiger partial charge in [0.25, 0.3) is 0 Å². The second-order valence-electron chi connectivity index (χ2n) is 15.8. The molecule has 0 saturated heterocycles. The lowest BCUT2D eigenvalue weighted by Gasteiger charge is -2.43. The van der Waals surface area contributed by atoms with Crippen molar-refractivity contribution in [3.8, 4) is 17.2 Å². The van der Waals surface area contributed by atoms with Crippen LogP contribution in [0.4, 0.5) is 0 Å². The Balaban J connectivity index is 1.17. The summed E-state index contributed by atoms with van der Waals surface area (Å²) in [5.41, 5.74) is 8.44. The zero-order chi connectivity index (χ0) is 40.4. The molecule has 0 amide bonds. The second kappa shape index (κ2) is 13.9.